The van der Waals surface area contributed by atoms with Gasteiger partial charge in [-0.1, -0.05) is 30.3 Å². The van der Waals surface area contributed by atoms with E-state index in [2.05, 4.69) is 22.4 Å². The Kier molecular flexibility index (Phi) is 4.90. The molecule has 0 radical (unpaired) electrons. The van der Waals surface area contributed by atoms with Crippen LogP contribution in [0, 0.1) is 0 Å². The maximum absolute atomic E-state index is 12.2. The molecule has 0 spiro atoms. The predicted octanol–water partition coefficient (Wildman–Crippen LogP) is 2.27. The van der Waals surface area contributed by atoms with Crippen molar-refractivity contribution in [3.63, 3.8) is 0 Å². The Morgan fingerprint density at radius 3 is 2.68 bits per heavy atom. The number of aliphatic hydroxyl groups is 1. The van der Waals surface area contributed by atoms with Crippen molar-refractivity contribution >= 4 is 28.6 Å². The van der Waals surface area contributed by atoms with Crippen LogP contribution < -0.4 is 5.32 Å². The Bertz CT molecular complexity index is 1060. The number of carbonyl (C=O) groups excluding carboxylic acids is 2. The monoisotopic (exact) mass is 377 g/mol. The molecule has 2 heterocycles. The number of fused-ring (bicyclic) bond motifs is 1. The van der Waals surface area contributed by atoms with Gasteiger partial charge in [0.25, 0.3) is 11.8 Å². The number of aliphatic hydroxyl groups excluding tert-OH is 1. The molecule has 2 aromatic carbocycles. The zero-order valence-electron chi connectivity index (χ0n) is 15.1. The highest BCUT2D eigenvalue weighted by Gasteiger charge is 2.30. The SMILES string of the molecule is O=C1C=C(Nc2ccc3oc(CCc4ccccc4)nc3c2)C(=O)N1CCO. The third-order valence-electron chi connectivity index (χ3n) is 4.51. The van der Waals surface area contributed by atoms with E-state index in [1.165, 1.54) is 11.6 Å². The van der Waals surface area contributed by atoms with E-state index in [9.17, 15) is 9.59 Å². The van der Waals surface area contributed by atoms with Crippen LogP contribution in [-0.2, 0) is 22.4 Å². The first-order valence-corrected chi connectivity index (χ1v) is 9.03. The van der Waals surface area contributed by atoms with Gasteiger partial charge in [-0.3, -0.25) is 14.5 Å². The quantitative estimate of drug-likeness (QED) is 0.613. The van der Waals surface area contributed by atoms with Gasteiger partial charge in [0, 0.05) is 18.2 Å². The number of aryl methyl sites for hydroxylation is 2. The fourth-order valence-electron chi connectivity index (χ4n) is 3.12. The van der Waals surface area contributed by atoms with Gasteiger partial charge in [0.05, 0.1) is 13.2 Å². The van der Waals surface area contributed by atoms with Gasteiger partial charge in [-0.05, 0) is 30.2 Å². The molecule has 4 rings (SSSR count). The normalized spacial score (nSPS) is 14.0. The summed E-state index contributed by atoms with van der Waals surface area (Å²) < 4.78 is 5.79. The van der Waals surface area contributed by atoms with Crippen LogP contribution in [0.5, 0.6) is 0 Å². The van der Waals surface area contributed by atoms with Crippen LogP contribution in [0.15, 0.2) is 64.7 Å². The van der Waals surface area contributed by atoms with Crippen LogP contribution in [-0.4, -0.2) is 40.0 Å². The highest BCUT2D eigenvalue weighted by atomic mass is 16.3. The van der Waals surface area contributed by atoms with Crippen molar-refractivity contribution in [3.8, 4) is 0 Å². The number of nitrogens with zero attached hydrogens (tertiary/aromatic N) is 2. The molecule has 0 unspecified atom stereocenters. The number of β-amino-alcohol motifs (C(OH)–C–C–N with tert-alkyl or cyclic N) is 1. The van der Waals surface area contributed by atoms with Crippen LogP contribution in [0.3, 0.4) is 0 Å². The second kappa shape index (κ2) is 7.66. The zero-order valence-corrected chi connectivity index (χ0v) is 15.1. The third kappa shape index (κ3) is 3.65. The van der Waals surface area contributed by atoms with Gasteiger partial charge in [0.2, 0.25) is 0 Å². The Morgan fingerprint density at radius 2 is 1.89 bits per heavy atom. The molecule has 2 N–H and O–H groups in total. The molecule has 1 aromatic heterocycles. The van der Waals surface area contributed by atoms with Crippen molar-refractivity contribution < 1.29 is 19.1 Å². The summed E-state index contributed by atoms with van der Waals surface area (Å²) in [5.74, 6) is -0.244. The lowest BCUT2D eigenvalue weighted by atomic mass is 10.1. The highest BCUT2D eigenvalue weighted by molar-refractivity contribution is 6.17. The molecule has 0 atom stereocenters. The molecule has 1 aliphatic heterocycles. The van der Waals surface area contributed by atoms with E-state index >= 15 is 0 Å². The van der Waals surface area contributed by atoms with Crippen LogP contribution in [0.25, 0.3) is 11.1 Å². The molecular formula is C21H19N3O4. The Hall–Kier alpha value is -3.45. The number of nitrogens with one attached hydrogen (secondary N) is 1. The molecule has 0 fully saturated rings. The fourth-order valence-corrected chi connectivity index (χ4v) is 3.12. The molecule has 0 saturated carbocycles. The van der Waals surface area contributed by atoms with E-state index in [1.807, 2.05) is 18.2 Å². The number of carbonyl (C=O) groups is 2. The number of hydrogen-bond acceptors (Lipinski definition) is 6. The van der Waals surface area contributed by atoms with Gasteiger partial charge < -0.3 is 14.8 Å². The van der Waals surface area contributed by atoms with Gasteiger partial charge >= 0.3 is 0 Å². The minimum Gasteiger partial charge on any atom is -0.441 e. The topological polar surface area (TPSA) is 95.7 Å². The molecule has 7 nitrogen and oxygen atoms in total. The summed E-state index contributed by atoms with van der Waals surface area (Å²) in [5.41, 5.74) is 3.37. The molecule has 1 aliphatic rings. The number of imide groups is 1. The number of amides is 2. The Morgan fingerprint density at radius 1 is 1.07 bits per heavy atom. The fraction of sp³-hybridized carbons (Fsp3) is 0.190. The summed E-state index contributed by atoms with van der Waals surface area (Å²) in [5, 5.41) is 11.9. The van der Waals surface area contributed by atoms with Crippen LogP contribution in [0.4, 0.5) is 5.69 Å². The van der Waals surface area contributed by atoms with Gasteiger partial charge in [-0.2, -0.15) is 0 Å². The smallest absolute Gasteiger partial charge is 0.277 e. The third-order valence-corrected chi connectivity index (χ3v) is 4.51. The average Bonchev–Trinajstić information content (AvgIpc) is 3.23. The summed E-state index contributed by atoms with van der Waals surface area (Å²) in [4.78, 5) is 29.6. The number of benzene rings is 2. The van der Waals surface area contributed by atoms with Crippen molar-refractivity contribution in [2.24, 2.45) is 0 Å². The molecule has 142 valence electrons. The van der Waals surface area contributed by atoms with E-state index < -0.39 is 11.8 Å². The lowest BCUT2D eigenvalue weighted by Crippen LogP contribution is -2.34. The summed E-state index contributed by atoms with van der Waals surface area (Å²) in [7, 11) is 0. The van der Waals surface area contributed by atoms with Crippen LogP contribution in [0.2, 0.25) is 0 Å². The summed E-state index contributed by atoms with van der Waals surface area (Å²) in [6.45, 7) is -0.290. The number of rotatable bonds is 7. The van der Waals surface area contributed by atoms with Gasteiger partial charge in [0.15, 0.2) is 11.5 Å². The Labute approximate surface area is 161 Å². The molecular weight excluding hydrogens is 358 g/mol. The number of aromatic nitrogens is 1. The van der Waals surface area contributed by atoms with E-state index in [1.54, 1.807) is 18.2 Å². The summed E-state index contributed by atoms with van der Waals surface area (Å²) >= 11 is 0. The first-order chi connectivity index (χ1) is 13.6. The first-order valence-electron chi connectivity index (χ1n) is 9.03. The van der Waals surface area contributed by atoms with Crippen molar-refractivity contribution in [1.29, 1.82) is 0 Å². The molecule has 0 saturated heterocycles. The van der Waals surface area contributed by atoms with Crippen LogP contribution >= 0.6 is 0 Å². The lowest BCUT2D eigenvalue weighted by molar-refractivity contribution is -0.137. The largest absolute Gasteiger partial charge is 0.441 e. The van der Waals surface area contributed by atoms with Crippen molar-refractivity contribution in [2.75, 3.05) is 18.5 Å². The molecule has 3 aromatic rings. The van der Waals surface area contributed by atoms with Gasteiger partial charge in [-0.15, -0.1) is 0 Å². The van der Waals surface area contributed by atoms with E-state index in [0.717, 1.165) is 11.3 Å². The Balaban J connectivity index is 1.47. The van der Waals surface area contributed by atoms with Gasteiger partial charge in [0.1, 0.15) is 11.2 Å². The minimum absolute atomic E-state index is 0.0214. The van der Waals surface area contributed by atoms with Crippen LogP contribution in [0.1, 0.15) is 11.5 Å². The molecule has 28 heavy (non-hydrogen) atoms. The second-order valence-corrected chi connectivity index (χ2v) is 6.48. The average molecular weight is 377 g/mol. The summed E-state index contributed by atoms with van der Waals surface area (Å²) in [6, 6.07) is 15.5. The minimum atomic E-state index is -0.456. The predicted molar refractivity (Wildman–Crippen MR) is 103 cm³/mol. The number of hydrogen-bond donors (Lipinski definition) is 2. The van der Waals surface area contributed by atoms with E-state index in [-0.39, 0.29) is 18.8 Å². The lowest BCUT2D eigenvalue weighted by Gasteiger charge is -2.13. The van der Waals surface area contributed by atoms with Crippen molar-refractivity contribution in [3.05, 3.63) is 71.8 Å². The number of oxazole rings is 1. The molecule has 7 heteroatoms. The maximum atomic E-state index is 12.2. The summed E-state index contributed by atoms with van der Waals surface area (Å²) in [6.07, 6.45) is 2.76. The first kappa shape index (κ1) is 17.9. The molecule has 0 aliphatic carbocycles. The van der Waals surface area contributed by atoms with E-state index in [0.29, 0.717) is 29.1 Å². The highest BCUT2D eigenvalue weighted by Crippen LogP contribution is 2.23. The van der Waals surface area contributed by atoms with Crippen molar-refractivity contribution in [2.45, 2.75) is 12.8 Å². The molecule has 0 bridgehead atoms. The second-order valence-electron chi connectivity index (χ2n) is 6.48. The standard InChI is InChI=1S/C21H19N3O4/c25-11-10-24-20(26)13-17(21(24)27)22-15-7-8-18-16(12-15)23-19(28-18)9-6-14-4-2-1-3-5-14/h1-5,7-8,12-13,22,25H,6,9-11H2. The molecule has 2 amide bonds. The maximum Gasteiger partial charge on any atom is 0.277 e. The zero-order chi connectivity index (χ0) is 19.5. The van der Waals surface area contributed by atoms with Crippen molar-refractivity contribution in [1.82, 2.24) is 9.88 Å². The number of anilines is 1. The van der Waals surface area contributed by atoms with E-state index in [4.69, 9.17) is 9.52 Å². The van der Waals surface area contributed by atoms with Gasteiger partial charge in [-0.25, -0.2) is 4.98 Å².